The van der Waals surface area contributed by atoms with Crippen LogP contribution in [0.1, 0.15) is 42.9 Å². The van der Waals surface area contributed by atoms with Crippen LogP contribution >= 0.6 is 0 Å². The fourth-order valence-corrected chi connectivity index (χ4v) is 3.87. The molecule has 0 aliphatic heterocycles. The lowest BCUT2D eigenvalue weighted by molar-refractivity contribution is 0.373. The van der Waals surface area contributed by atoms with Crippen molar-refractivity contribution in [3.8, 4) is 0 Å². The predicted octanol–water partition coefficient (Wildman–Crippen LogP) is 6.60. The Balaban J connectivity index is 2.02. The third kappa shape index (κ3) is 4.60. The fraction of sp³-hybridized carbons (Fsp3) is 0.280. The molecule has 0 spiro atoms. The van der Waals surface area contributed by atoms with Crippen LogP contribution in [0.5, 0.6) is 0 Å². The Hall–Kier alpha value is -2.34. The van der Waals surface area contributed by atoms with Gasteiger partial charge in [0, 0.05) is 5.41 Å². The molecule has 0 fully saturated rings. The largest absolute Gasteiger partial charge is 0.0654 e. The maximum Gasteiger partial charge on any atom is 0.00336 e. The third-order valence-corrected chi connectivity index (χ3v) is 5.17. The molecule has 0 atom stereocenters. The van der Waals surface area contributed by atoms with Gasteiger partial charge in [0.05, 0.1) is 0 Å². The average Bonchev–Trinajstić information content (AvgIpc) is 2.68. The second-order valence-electron chi connectivity index (χ2n) is 7.07. The van der Waals surface area contributed by atoms with E-state index < -0.39 is 0 Å². The molecule has 0 aliphatic carbocycles. The Morgan fingerprint density at radius 1 is 0.600 bits per heavy atom. The van der Waals surface area contributed by atoms with Gasteiger partial charge in [0.1, 0.15) is 0 Å². The molecule has 0 radical (unpaired) electrons. The molecule has 3 aromatic carbocycles. The van der Waals surface area contributed by atoms with Gasteiger partial charge in [-0.05, 0) is 36.0 Å². The molecule has 3 aromatic rings. The Labute approximate surface area is 152 Å². The van der Waals surface area contributed by atoms with Gasteiger partial charge in [0.25, 0.3) is 0 Å². The number of hydrogen-bond acceptors (Lipinski definition) is 0. The van der Waals surface area contributed by atoms with Gasteiger partial charge >= 0.3 is 0 Å². The standard InChI is InChI=1S/C25H28/c1-2-3-19-25(24-17-11-6-12-18-24,20-22-13-7-4-8-14-22)21-23-15-9-5-10-16-23/h4-18H,2-3,19-21H2,1H3. The van der Waals surface area contributed by atoms with E-state index in [0.29, 0.717) is 0 Å². The van der Waals surface area contributed by atoms with Gasteiger partial charge in [-0.2, -0.15) is 0 Å². The molecule has 0 unspecified atom stereocenters. The molecule has 0 heteroatoms. The molecule has 3 rings (SSSR count). The number of rotatable bonds is 8. The van der Waals surface area contributed by atoms with E-state index in [0.717, 1.165) is 12.8 Å². The van der Waals surface area contributed by atoms with Crippen molar-refractivity contribution in [2.24, 2.45) is 0 Å². The smallest absolute Gasteiger partial charge is 0.00336 e. The summed E-state index contributed by atoms with van der Waals surface area (Å²) < 4.78 is 0. The highest BCUT2D eigenvalue weighted by atomic mass is 14.4. The summed E-state index contributed by atoms with van der Waals surface area (Å²) in [5.74, 6) is 0. The Bertz CT molecular complexity index is 687. The van der Waals surface area contributed by atoms with Crippen LogP contribution in [0.3, 0.4) is 0 Å². The van der Waals surface area contributed by atoms with Crippen molar-refractivity contribution >= 4 is 0 Å². The summed E-state index contributed by atoms with van der Waals surface area (Å²) in [6, 6.07) is 33.1. The van der Waals surface area contributed by atoms with Crippen LogP contribution in [0.2, 0.25) is 0 Å². The Morgan fingerprint density at radius 2 is 1.04 bits per heavy atom. The van der Waals surface area contributed by atoms with Crippen LogP contribution in [0, 0.1) is 0 Å². The first-order chi connectivity index (χ1) is 12.3. The minimum absolute atomic E-state index is 0.153. The zero-order valence-electron chi connectivity index (χ0n) is 15.2. The predicted molar refractivity (Wildman–Crippen MR) is 108 cm³/mol. The Morgan fingerprint density at radius 3 is 1.48 bits per heavy atom. The summed E-state index contributed by atoms with van der Waals surface area (Å²) in [6.07, 6.45) is 5.89. The van der Waals surface area contributed by atoms with Crippen molar-refractivity contribution in [1.29, 1.82) is 0 Å². The molecule has 25 heavy (non-hydrogen) atoms. The summed E-state index contributed by atoms with van der Waals surface area (Å²) >= 11 is 0. The molecule has 0 aliphatic rings. The second kappa shape index (κ2) is 8.67. The van der Waals surface area contributed by atoms with Gasteiger partial charge in [-0.3, -0.25) is 0 Å². The first kappa shape index (κ1) is 17.5. The fourth-order valence-electron chi connectivity index (χ4n) is 3.87. The lowest BCUT2D eigenvalue weighted by atomic mass is 9.68. The van der Waals surface area contributed by atoms with Crippen molar-refractivity contribution in [2.75, 3.05) is 0 Å². The number of hydrogen-bond donors (Lipinski definition) is 0. The first-order valence-electron chi connectivity index (χ1n) is 9.46. The van der Waals surface area contributed by atoms with Crippen LogP contribution in [-0.2, 0) is 18.3 Å². The molecular weight excluding hydrogens is 300 g/mol. The minimum atomic E-state index is 0.153. The van der Waals surface area contributed by atoms with Crippen molar-refractivity contribution in [2.45, 2.75) is 44.4 Å². The molecular formula is C25H28. The zero-order chi connectivity index (χ0) is 17.4. The average molecular weight is 328 g/mol. The lowest BCUT2D eigenvalue weighted by Gasteiger charge is -2.35. The normalized spacial score (nSPS) is 11.4. The van der Waals surface area contributed by atoms with Crippen molar-refractivity contribution in [3.05, 3.63) is 108 Å². The highest BCUT2D eigenvalue weighted by Gasteiger charge is 2.32. The molecule has 0 saturated carbocycles. The monoisotopic (exact) mass is 328 g/mol. The zero-order valence-corrected chi connectivity index (χ0v) is 15.2. The molecule has 0 nitrogen and oxygen atoms in total. The van der Waals surface area contributed by atoms with E-state index in [4.69, 9.17) is 0 Å². The number of unbranched alkanes of at least 4 members (excludes halogenated alkanes) is 1. The Kier molecular flexibility index (Phi) is 6.06. The van der Waals surface area contributed by atoms with Gasteiger partial charge in [0.2, 0.25) is 0 Å². The molecule has 0 N–H and O–H groups in total. The van der Waals surface area contributed by atoms with E-state index in [9.17, 15) is 0 Å². The van der Waals surface area contributed by atoms with Gasteiger partial charge in [-0.1, -0.05) is 111 Å². The highest BCUT2D eigenvalue weighted by Crippen LogP contribution is 2.37. The summed E-state index contributed by atoms with van der Waals surface area (Å²) in [6.45, 7) is 2.29. The SMILES string of the molecule is CCCCC(Cc1ccccc1)(Cc1ccccc1)c1ccccc1. The van der Waals surface area contributed by atoms with Gasteiger partial charge < -0.3 is 0 Å². The van der Waals surface area contributed by atoms with E-state index in [-0.39, 0.29) is 5.41 Å². The molecule has 0 aromatic heterocycles. The number of benzene rings is 3. The lowest BCUT2D eigenvalue weighted by Crippen LogP contribution is -2.32. The minimum Gasteiger partial charge on any atom is -0.0654 e. The van der Waals surface area contributed by atoms with Crippen molar-refractivity contribution in [3.63, 3.8) is 0 Å². The summed E-state index contributed by atoms with van der Waals surface area (Å²) in [5.41, 5.74) is 4.48. The maximum absolute atomic E-state index is 2.32. The van der Waals surface area contributed by atoms with Gasteiger partial charge in [-0.25, -0.2) is 0 Å². The molecule has 0 bridgehead atoms. The molecule has 0 heterocycles. The quantitative estimate of drug-likeness (QED) is 0.437. The summed E-state index contributed by atoms with van der Waals surface area (Å²) in [7, 11) is 0. The van der Waals surface area contributed by atoms with Crippen molar-refractivity contribution < 1.29 is 0 Å². The topological polar surface area (TPSA) is 0 Å². The van der Waals surface area contributed by atoms with E-state index in [1.807, 2.05) is 0 Å². The second-order valence-corrected chi connectivity index (χ2v) is 7.07. The first-order valence-corrected chi connectivity index (χ1v) is 9.46. The maximum atomic E-state index is 2.32. The van der Waals surface area contributed by atoms with Crippen LogP contribution < -0.4 is 0 Å². The van der Waals surface area contributed by atoms with Gasteiger partial charge in [0.15, 0.2) is 0 Å². The molecule has 128 valence electrons. The highest BCUT2D eigenvalue weighted by molar-refractivity contribution is 5.33. The third-order valence-electron chi connectivity index (χ3n) is 5.17. The van der Waals surface area contributed by atoms with E-state index >= 15 is 0 Å². The van der Waals surface area contributed by atoms with Crippen LogP contribution in [-0.4, -0.2) is 0 Å². The van der Waals surface area contributed by atoms with Crippen LogP contribution in [0.15, 0.2) is 91.0 Å². The van der Waals surface area contributed by atoms with Crippen LogP contribution in [0.25, 0.3) is 0 Å². The van der Waals surface area contributed by atoms with Crippen molar-refractivity contribution in [1.82, 2.24) is 0 Å². The van der Waals surface area contributed by atoms with E-state index in [1.54, 1.807) is 0 Å². The molecule has 0 saturated heterocycles. The molecule has 0 amide bonds. The van der Waals surface area contributed by atoms with E-state index in [2.05, 4.69) is 97.9 Å². The van der Waals surface area contributed by atoms with Crippen LogP contribution in [0.4, 0.5) is 0 Å². The summed E-state index contributed by atoms with van der Waals surface area (Å²) in [4.78, 5) is 0. The van der Waals surface area contributed by atoms with Gasteiger partial charge in [-0.15, -0.1) is 0 Å². The summed E-state index contributed by atoms with van der Waals surface area (Å²) in [5, 5.41) is 0. The van der Waals surface area contributed by atoms with E-state index in [1.165, 1.54) is 36.0 Å².